The van der Waals surface area contributed by atoms with Gasteiger partial charge in [-0.05, 0) is 18.6 Å². The van der Waals surface area contributed by atoms with E-state index < -0.39 is 6.10 Å². The van der Waals surface area contributed by atoms with Crippen molar-refractivity contribution >= 4 is 0 Å². The quantitative estimate of drug-likeness (QED) is 0.847. The minimum atomic E-state index is -0.544. The Morgan fingerprint density at radius 3 is 2.53 bits per heavy atom. The minimum absolute atomic E-state index is 0.140. The molecule has 2 atom stereocenters. The van der Waals surface area contributed by atoms with E-state index in [2.05, 4.69) is 0 Å². The molecular formula is C14H20O5. The summed E-state index contributed by atoms with van der Waals surface area (Å²) in [5, 5.41) is 10.1. The summed E-state index contributed by atoms with van der Waals surface area (Å²) in [7, 11) is 3.14. The average Bonchev–Trinajstić information content (AvgIpc) is 2.98. The molecule has 0 saturated carbocycles. The van der Waals surface area contributed by atoms with Gasteiger partial charge in [0.2, 0.25) is 5.75 Å². The summed E-state index contributed by atoms with van der Waals surface area (Å²) in [6.07, 6.45) is 0.324. The second-order valence-electron chi connectivity index (χ2n) is 4.49. The van der Waals surface area contributed by atoms with Crippen molar-refractivity contribution in [2.24, 2.45) is 5.92 Å². The molecule has 2 unspecified atom stereocenters. The Balaban J connectivity index is 2.01. The number of aliphatic hydroxyl groups is 1. The van der Waals surface area contributed by atoms with Crippen molar-refractivity contribution in [3.8, 4) is 17.2 Å². The molecule has 5 nitrogen and oxygen atoms in total. The van der Waals surface area contributed by atoms with Crippen LogP contribution >= 0.6 is 0 Å². The molecule has 0 aromatic heterocycles. The summed E-state index contributed by atoms with van der Waals surface area (Å²) in [5.74, 6) is 1.84. The number of aliphatic hydroxyl groups excluding tert-OH is 1. The lowest BCUT2D eigenvalue weighted by Gasteiger charge is -2.19. The van der Waals surface area contributed by atoms with E-state index in [1.165, 1.54) is 0 Å². The van der Waals surface area contributed by atoms with Crippen molar-refractivity contribution in [2.75, 3.05) is 34.0 Å². The second kappa shape index (κ2) is 6.63. The van der Waals surface area contributed by atoms with Gasteiger partial charge in [0.15, 0.2) is 11.5 Å². The minimum Gasteiger partial charge on any atom is -0.493 e. The lowest BCUT2D eigenvalue weighted by Crippen LogP contribution is -2.27. The fraction of sp³-hybridized carbons (Fsp3) is 0.571. The molecule has 1 heterocycles. The highest BCUT2D eigenvalue weighted by atomic mass is 16.5. The molecular weight excluding hydrogens is 248 g/mol. The summed E-state index contributed by atoms with van der Waals surface area (Å²) in [4.78, 5) is 0. The van der Waals surface area contributed by atoms with E-state index in [1.807, 2.05) is 6.07 Å². The lowest BCUT2D eigenvalue weighted by atomic mass is 10.0. The SMILES string of the molecule is COc1cccc(OC)c1OCC(O)C1CCOC1. The summed E-state index contributed by atoms with van der Waals surface area (Å²) in [6.45, 7) is 1.50. The van der Waals surface area contributed by atoms with Crippen molar-refractivity contribution in [1.82, 2.24) is 0 Å². The standard InChI is InChI=1S/C14H20O5/c1-16-12-4-3-5-13(17-2)14(12)19-9-11(15)10-6-7-18-8-10/h3-5,10-11,15H,6-9H2,1-2H3. The number of benzene rings is 1. The first-order valence-electron chi connectivity index (χ1n) is 6.36. The lowest BCUT2D eigenvalue weighted by molar-refractivity contribution is 0.0481. The molecule has 1 aromatic carbocycles. The van der Waals surface area contributed by atoms with Crippen LogP contribution in [-0.4, -0.2) is 45.3 Å². The second-order valence-corrected chi connectivity index (χ2v) is 4.49. The van der Waals surface area contributed by atoms with Crippen LogP contribution in [0, 0.1) is 5.92 Å². The van der Waals surface area contributed by atoms with Crippen molar-refractivity contribution in [3.05, 3.63) is 18.2 Å². The monoisotopic (exact) mass is 268 g/mol. The van der Waals surface area contributed by atoms with E-state index in [-0.39, 0.29) is 12.5 Å². The first-order chi connectivity index (χ1) is 9.26. The molecule has 1 N–H and O–H groups in total. The first-order valence-corrected chi connectivity index (χ1v) is 6.36. The molecule has 106 valence electrons. The van der Waals surface area contributed by atoms with Gasteiger partial charge >= 0.3 is 0 Å². The largest absolute Gasteiger partial charge is 0.493 e. The predicted molar refractivity (Wildman–Crippen MR) is 70.0 cm³/mol. The maximum absolute atomic E-state index is 10.1. The van der Waals surface area contributed by atoms with Gasteiger partial charge in [0, 0.05) is 12.5 Å². The molecule has 0 spiro atoms. The Hall–Kier alpha value is -1.46. The van der Waals surface area contributed by atoms with E-state index in [0.717, 1.165) is 6.42 Å². The molecule has 1 saturated heterocycles. The normalized spacial score (nSPS) is 20.1. The third-order valence-corrected chi connectivity index (χ3v) is 3.29. The van der Waals surface area contributed by atoms with Gasteiger partial charge in [-0.1, -0.05) is 6.07 Å². The molecule has 0 bridgehead atoms. The number of methoxy groups -OCH3 is 2. The highest BCUT2D eigenvalue weighted by Gasteiger charge is 2.25. The smallest absolute Gasteiger partial charge is 0.203 e. The molecule has 0 amide bonds. The maximum atomic E-state index is 10.1. The number of para-hydroxylation sites is 1. The van der Waals surface area contributed by atoms with Crippen LogP contribution in [0.4, 0.5) is 0 Å². The van der Waals surface area contributed by atoms with Crippen LogP contribution < -0.4 is 14.2 Å². The third kappa shape index (κ3) is 3.30. The van der Waals surface area contributed by atoms with Gasteiger partial charge in [0.05, 0.1) is 26.9 Å². The average molecular weight is 268 g/mol. The van der Waals surface area contributed by atoms with E-state index in [9.17, 15) is 5.11 Å². The molecule has 19 heavy (non-hydrogen) atoms. The van der Waals surface area contributed by atoms with E-state index in [1.54, 1.807) is 26.4 Å². The molecule has 0 radical (unpaired) electrons. The van der Waals surface area contributed by atoms with Gasteiger partial charge in [0.25, 0.3) is 0 Å². The molecule has 1 aliphatic heterocycles. The van der Waals surface area contributed by atoms with Crippen LogP contribution in [0.3, 0.4) is 0 Å². The van der Waals surface area contributed by atoms with Crippen LogP contribution in [0.15, 0.2) is 18.2 Å². The first kappa shape index (κ1) is 14.0. The van der Waals surface area contributed by atoms with Crippen LogP contribution in [0.25, 0.3) is 0 Å². The van der Waals surface area contributed by atoms with Gasteiger partial charge in [-0.2, -0.15) is 0 Å². The van der Waals surface area contributed by atoms with Gasteiger partial charge in [-0.25, -0.2) is 0 Å². The summed E-state index contributed by atoms with van der Waals surface area (Å²) in [6, 6.07) is 5.41. The van der Waals surface area contributed by atoms with Crippen LogP contribution in [0.5, 0.6) is 17.2 Å². The number of rotatable bonds is 6. The fourth-order valence-corrected chi connectivity index (χ4v) is 2.12. The van der Waals surface area contributed by atoms with E-state index in [0.29, 0.717) is 30.5 Å². The van der Waals surface area contributed by atoms with Gasteiger partial charge in [-0.15, -0.1) is 0 Å². The zero-order chi connectivity index (χ0) is 13.7. The summed E-state index contributed by atoms with van der Waals surface area (Å²) in [5.41, 5.74) is 0. The van der Waals surface area contributed by atoms with Crippen LogP contribution in [0.1, 0.15) is 6.42 Å². The Bertz CT molecular complexity index is 379. The molecule has 1 fully saturated rings. The van der Waals surface area contributed by atoms with Gasteiger partial charge in [0.1, 0.15) is 6.61 Å². The fourth-order valence-electron chi connectivity index (χ4n) is 2.12. The van der Waals surface area contributed by atoms with Crippen molar-refractivity contribution in [2.45, 2.75) is 12.5 Å². The molecule has 2 rings (SSSR count). The molecule has 5 heteroatoms. The van der Waals surface area contributed by atoms with E-state index >= 15 is 0 Å². The zero-order valence-electron chi connectivity index (χ0n) is 11.3. The zero-order valence-corrected chi connectivity index (χ0v) is 11.3. The van der Waals surface area contributed by atoms with Crippen LogP contribution in [0.2, 0.25) is 0 Å². The third-order valence-electron chi connectivity index (χ3n) is 3.29. The Labute approximate surface area is 113 Å². The van der Waals surface area contributed by atoms with Crippen molar-refractivity contribution in [3.63, 3.8) is 0 Å². The van der Waals surface area contributed by atoms with Gasteiger partial charge in [-0.3, -0.25) is 0 Å². The van der Waals surface area contributed by atoms with Gasteiger partial charge < -0.3 is 24.1 Å². The highest BCUT2D eigenvalue weighted by Crippen LogP contribution is 2.37. The van der Waals surface area contributed by atoms with Crippen molar-refractivity contribution < 1.29 is 24.1 Å². The Morgan fingerprint density at radius 1 is 1.32 bits per heavy atom. The predicted octanol–water partition coefficient (Wildman–Crippen LogP) is 1.48. The highest BCUT2D eigenvalue weighted by molar-refractivity contribution is 5.51. The topological polar surface area (TPSA) is 57.2 Å². The molecule has 1 aliphatic rings. The molecule has 1 aromatic rings. The Kier molecular flexibility index (Phi) is 4.87. The van der Waals surface area contributed by atoms with E-state index in [4.69, 9.17) is 18.9 Å². The summed E-state index contributed by atoms with van der Waals surface area (Å²) >= 11 is 0. The molecule has 0 aliphatic carbocycles. The number of hydrogen-bond acceptors (Lipinski definition) is 5. The number of hydrogen-bond donors (Lipinski definition) is 1. The maximum Gasteiger partial charge on any atom is 0.203 e. The van der Waals surface area contributed by atoms with Crippen LogP contribution in [-0.2, 0) is 4.74 Å². The Morgan fingerprint density at radius 2 is 2.00 bits per heavy atom. The summed E-state index contributed by atoms with van der Waals surface area (Å²) < 4.78 is 21.4. The number of ether oxygens (including phenoxy) is 4. The van der Waals surface area contributed by atoms with Crippen molar-refractivity contribution in [1.29, 1.82) is 0 Å².